The summed E-state index contributed by atoms with van der Waals surface area (Å²) in [5.74, 6) is 1.21. The Morgan fingerprint density at radius 3 is 2.22 bits per heavy atom. The van der Waals surface area contributed by atoms with Crippen LogP contribution in [0.1, 0.15) is 68.6 Å². The van der Waals surface area contributed by atoms with E-state index >= 15 is 0 Å². The van der Waals surface area contributed by atoms with Crippen LogP contribution in [0, 0.1) is 16.7 Å². The number of hydrogen-bond donors (Lipinski definition) is 0. The van der Waals surface area contributed by atoms with Gasteiger partial charge in [0.25, 0.3) is 0 Å². The van der Waals surface area contributed by atoms with Crippen molar-refractivity contribution in [3.8, 4) is 34.1 Å². The molecule has 0 aromatic heterocycles. The zero-order valence-corrected chi connectivity index (χ0v) is 22.1. The fourth-order valence-electron chi connectivity index (χ4n) is 5.41. The molecule has 37 heavy (non-hydrogen) atoms. The van der Waals surface area contributed by atoms with Crippen LogP contribution in [0.2, 0.25) is 0 Å². The number of nitrogens with zero attached hydrogens (tertiary/aromatic N) is 1. The summed E-state index contributed by atoms with van der Waals surface area (Å²) in [5, 5.41) is 9.28. The number of ether oxygens (including phenoxy) is 3. The van der Waals surface area contributed by atoms with E-state index in [9.17, 15) is 5.26 Å². The van der Waals surface area contributed by atoms with Crippen molar-refractivity contribution >= 4 is 0 Å². The third kappa shape index (κ3) is 5.59. The number of rotatable bonds is 12. The fourth-order valence-corrected chi connectivity index (χ4v) is 5.41. The van der Waals surface area contributed by atoms with Gasteiger partial charge in [-0.3, -0.25) is 0 Å². The van der Waals surface area contributed by atoms with E-state index < -0.39 is 0 Å². The molecule has 2 aliphatic rings. The van der Waals surface area contributed by atoms with E-state index in [1.807, 2.05) is 12.1 Å². The molecule has 192 valence electrons. The molecule has 1 aliphatic carbocycles. The van der Waals surface area contributed by atoms with Crippen LogP contribution in [-0.4, -0.2) is 33.0 Å². The summed E-state index contributed by atoms with van der Waals surface area (Å²) >= 11 is 0. The monoisotopic (exact) mass is 495 g/mol. The third-order valence-electron chi connectivity index (χ3n) is 8.07. The predicted octanol–water partition coefficient (Wildman–Crippen LogP) is 7.74. The van der Waals surface area contributed by atoms with Crippen molar-refractivity contribution in [2.24, 2.45) is 5.41 Å². The lowest BCUT2D eigenvalue weighted by Crippen LogP contribution is -2.45. The first-order valence-corrected chi connectivity index (χ1v) is 13.7. The van der Waals surface area contributed by atoms with E-state index in [1.54, 1.807) is 0 Å². The lowest BCUT2D eigenvalue weighted by atomic mass is 9.84. The summed E-state index contributed by atoms with van der Waals surface area (Å²) in [5.41, 5.74) is 8.52. The first-order chi connectivity index (χ1) is 18.1. The molecule has 3 aromatic rings. The second-order valence-electron chi connectivity index (χ2n) is 10.6. The molecule has 4 heteroatoms. The molecule has 0 spiro atoms. The van der Waals surface area contributed by atoms with E-state index in [0.29, 0.717) is 0 Å². The SMILES string of the molecule is CCC1(COCCCCCCOc2ccc(-c3ccc4c(c3)C(C)c3cc(C#N)ccc3-4)cc2)COC1. The summed E-state index contributed by atoms with van der Waals surface area (Å²) in [4.78, 5) is 0. The second-order valence-corrected chi connectivity index (χ2v) is 10.6. The Hall–Kier alpha value is -3.13. The summed E-state index contributed by atoms with van der Waals surface area (Å²) in [6, 6.07) is 23.4. The van der Waals surface area contributed by atoms with Gasteiger partial charge in [0.15, 0.2) is 0 Å². The van der Waals surface area contributed by atoms with Gasteiger partial charge in [-0.05, 0) is 89.4 Å². The molecule has 0 N–H and O–H groups in total. The molecule has 1 aliphatic heterocycles. The van der Waals surface area contributed by atoms with Gasteiger partial charge >= 0.3 is 0 Å². The maximum absolute atomic E-state index is 9.28. The van der Waals surface area contributed by atoms with Crippen LogP contribution < -0.4 is 4.74 Å². The van der Waals surface area contributed by atoms with Gasteiger partial charge in [0.05, 0.1) is 38.1 Å². The molecular formula is C33H37NO3. The quantitative estimate of drug-likeness (QED) is 0.241. The average molecular weight is 496 g/mol. The van der Waals surface area contributed by atoms with Gasteiger partial charge in [0.1, 0.15) is 5.75 Å². The Morgan fingerprint density at radius 2 is 1.54 bits per heavy atom. The van der Waals surface area contributed by atoms with E-state index in [1.165, 1.54) is 39.8 Å². The van der Waals surface area contributed by atoms with Gasteiger partial charge in [-0.2, -0.15) is 5.26 Å². The van der Waals surface area contributed by atoms with Gasteiger partial charge in [-0.1, -0.05) is 50.6 Å². The molecule has 5 rings (SSSR count). The van der Waals surface area contributed by atoms with Crippen LogP contribution in [0.25, 0.3) is 22.3 Å². The maximum Gasteiger partial charge on any atom is 0.119 e. The molecule has 1 unspecified atom stereocenters. The summed E-state index contributed by atoms with van der Waals surface area (Å²) < 4.78 is 17.2. The van der Waals surface area contributed by atoms with Crippen LogP contribution >= 0.6 is 0 Å². The molecule has 4 nitrogen and oxygen atoms in total. The van der Waals surface area contributed by atoms with Gasteiger partial charge < -0.3 is 14.2 Å². The van der Waals surface area contributed by atoms with E-state index in [4.69, 9.17) is 14.2 Å². The fraction of sp³-hybridized carbons (Fsp3) is 0.424. The smallest absolute Gasteiger partial charge is 0.119 e. The lowest BCUT2D eigenvalue weighted by molar-refractivity contribution is -0.150. The van der Waals surface area contributed by atoms with E-state index in [-0.39, 0.29) is 11.3 Å². The maximum atomic E-state index is 9.28. The highest BCUT2D eigenvalue weighted by atomic mass is 16.5. The molecule has 0 bridgehead atoms. The van der Waals surface area contributed by atoms with Crippen LogP contribution in [0.4, 0.5) is 0 Å². The standard InChI is InChI=1S/C33H37NO3/c1-3-33(22-36-23-33)21-35-16-6-4-5-7-17-37-28-12-9-26(10-13-28)27-11-15-30-29-14-8-25(20-34)18-31(29)24(2)32(30)19-27/h8-15,18-19,24H,3-7,16-17,21-23H2,1-2H3. The molecular weight excluding hydrogens is 458 g/mol. The molecule has 1 fully saturated rings. The van der Waals surface area contributed by atoms with Crippen LogP contribution in [0.5, 0.6) is 5.75 Å². The summed E-state index contributed by atoms with van der Waals surface area (Å²) in [6.07, 6.45) is 5.65. The first kappa shape index (κ1) is 25.5. The lowest BCUT2D eigenvalue weighted by Gasteiger charge is -2.40. The van der Waals surface area contributed by atoms with Crippen LogP contribution in [0.15, 0.2) is 60.7 Å². The largest absolute Gasteiger partial charge is 0.494 e. The molecule has 3 aromatic carbocycles. The second kappa shape index (κ2) is 11.5. The normalized spacial score (nSPS) is 16.9. The minimum atomic E-state index is 0.289. The number of fused-ring (bicyclic) bond motifs is 3. The number of unbranched alkanes of at least 4 members (excludes halogenated alkanes) is 3. The predicted molar refractivity (Wildman–Crippen MR) is 148 cm³/mol. The van der Waals surface area contributed by atoms with Crippen LogP contribution in [-0.2, 0) is 9.47 Å². The Bertz CT molecular complexity index is 1250. The summed E-state index contributed by atoms with van der Waals surface area (Å²) in [6.45, 7) is 8.59. The van der Waals surface area contributed by atoms with Gasteiger partial charge in [0, 0.05) is 17.9 Å². The highest BCUT2D eigenvalue weighted by molar-refractivity contribution is 5.82. The minimum absolute atomic E-state index is 0.289. The Kier molecular flexibility index (Phi) is 7.93. The Morgan fingerprint density at radius 1 is 0.865 bits per heavy atom. The third-order valence-corrected chi connectivity index (χ3v) is 8.07. The Labute approximate surface area is 221 Å². The highest BCUT2D eigenvalue weighted by Crippen LogP contribution is 2.46. The first-order valence-electron chi connectivity index (χ1n) is 13.7. The molecule has 1 saturated heterocycles. The summed E-state index contributed by atoms with van der Waals surface area (Å²) in [7, 11) is 0. The van der Waals surface area contributed by atoms with E-state index in [2.05, 4.69) is 68.4 Å². The zero-order chi connectivity index (χ0) is 25.7. The molecule has 0 saturated carbocycles. The Balaban J connectivity index is 1.06. The van der Waals surface area contributed by atoms with Crippen molar-refractivity contribution in [1.82, 2.24) is 0 Å². The number of hydrogen-bond acceptors (Lipinski definition) is 4. The zero-order valence-electron chi connectivity index (χ0n) is 22.1. The van der Waals surface area contributed by atoms with Crippen molar-refractivity contribution in [1.29, 1.82) is 5.26 Å². The van der Waals surface area contributed by atoms with Crippen molar-refractivity contribution in [3.63, 3.8) is 0 Å². The van der Waals surface area contributed by atoms with Crippen molar-refractivity contribution in [2.75, 3.05) is 33.0 Å². The van der Waals surface area contributed by atoms with Crippen molar-refractivity contribution in [3.05, 3.63) is 77.4 Å². The van der Waals surface area contributed by atoms with Crippen molar-refractivity contribution < 1.29 is 14.2 Å². The molecule has 0 amide bonds. The van der Waals surface area contributed by atoms with Crippen LogP contribution in [0.3, 0.4) is 0 Å². The molecule has 0 radical (unpaired) electrons. The average Bonchev–Trinajstić information content (AvgIpc) is 3.20. The number of benzene rings is 3. The van der Waals surface area contributed by atoms with Gasteiger partial charge in [-0.25, -0.2) is 0 Å². The van der Waals surface area contributed by atoms with Crippen molar-refractivity contribution in [2.45, 2.75) is 51.9 Å². The minimum Gasteiger partial charge on any atom is -0.494 e. The van der Waals surface area contributed by atoms with Gasteiger partial charge in [0.2, 0.25) is 0 Å². The van der Waals surface area contributed by atoms with Gasteiger partial charge in [-0.15, -0.1) is 0 Å². The topological polar surface area (TPSA) is 51.5 Å². The molecule has 1 atom stereocenters. The highest BCUT2D eigenvalue weighted by Gasteiger charge is 2.36. The molecule has 1 heterocycles. The number of nitriles is 1. The van der Waals surface area contributed by atoms with E-state index in [0.717, 1.165) is 70.0 Å².